The number of benzene rings is 2. The zero-order chi connectivity index (χ0) is 18.5. The first-order chi connectivity index (χ1) is 11.8. The lowest BCUT2D eigenvalue weighted by atomic mass is 9.91. The second-order valence-electron chi connectivity index (χ2n) is 7.78. The van der Waals surface area contributed by atoms with Crippen LogP contribution in [0.15, 0.2) is 61.7 Å². The molecule has 1 heteroatoms. The highest BCUT2D eigenvalue weighted by molar-refractivity contribution is 5.52. The summed E-state index contributed by atoms with van der Waals surface area (Å²) in [5.74, 6) is 0. The predicted octanol–water partition coefficient (Wildman–Crippen LogP) is 6.33. The van der Waals surface area contributed by atoms with Crippen LogP contribution >= 0.6 is 0 Å². The average Bonchev–Trinajstić information content (AvgIpc) is 2.54. The normalized spacial score (nSPS) is 12.0. The van der Waals surface area contributed by atoms with Gasteiger partial charge < -0.3 is 4.74 Å². The molecule has 2 aromatic rings. The van der Waals surface area contributed by atoms with Crippen LogP contribution in [-0.4, -0.2) is 11.2 Å². The Kier molecular flexibility index (Phi) is 6.02. The van der Waals surface area contributed by atoms with E-state index in [9.17, 15) is 0 Å². The van der Waals surface area contributed by atoms with Crippen molar-refractivity contribution in [2.75, 3.05) is 0 Å². The molecular formula is C24H30O. The Hall–Kier alpha value is -2.12. The smallest absolute Gasteiger partial charge is 0.0674 e. The lowest BCUT2D eigenvalue weighted by Crippen LogP contribution is -2.40. The van der Waals surface area contributed by atoms with E-state index in [4.69, 9.17) is 4.74 Å². The molecule has 0 unspecified atom stereocenters. The van der Waals surface area contributed by atoms with E-state index in [-0.39, 0.29) is 11.2 Å². The highest BCUT2D eigenvalue weighted by Crippen LogP contribution is 2.29. The molecule has 0 aliphatic carbocycles. The van der Waals surface area contributed by atoms with Crippen molar-refractivity contribution in [1.29, 1.82) is 0 Å². The largest absolute Gasteiger partial charge is 0.369 e. The third-order valence-electron chi connectivity index (χ3n) is 4.33. The van der Waals surface area contributed by atoms with Crippen LogP contribution in [0.3, 0.4) is 0 Å². The second-order valence-corrected chi connectivity index (χ2v) is 7.78. The van der Waals surface area contributed by atoms with Crippen LogP contribution in [0.5, 0.6) is 0 Å². The highest BCUT2D eigenvalue weighted by atomic mass is 16.5. The van der Waals surface area contributed by atoms with E-state index >= 15 is 0 Å². The minimum absolute atomic E-state index is 0.272. The topological polar surface area (TPSA) is 9.23 Å². The summed E-state index contributed by atoms with van der Waals surface area (Å²) < 4.78 is 6.56. The third kappa shape index (κ3) is 5.44. The Morgan fingerprint density at radius 2 is 1.08 bits per heavy atom. The van der Waals surface area contributed by atoms with Gasteiger partial charge in [-0.25, -0.2) is 0 Å². The summed E-state index contributed by atoms with van der Waals surface area (Å²) in [7, 11) is 0. The van der Waals surface area contributed by atoms with Crippen molar-refractivity contribution in [3.8, 4) is 0 Å². The second kappa shape index (κ2) is 7.84. The van der Waals surface area contributed by atoms with Gasteiger partial charge in [-0.3, -0.25) is 0 Å². The van der Waals surface area contributed by atoms with Gasteiger partial charge in [0.05, 0.1) is 11.2 Å². The molecule has 0 N–H and O–H groups in total. The van der Waals surface area contributed by atoms with Crippen LogP contribution in [0.2, 0.25) is 0 Å². The number of hydrogen-bond acceptors (Lipinski definition) is 1. The van der Waals surface area contributed by atoms with Gasteiger partial charge in [0.2, 0.25) is 0 Å². The van der Waals surface area contributed by atoms with Crippen LogP contribution in [0, 0.1) is 0 Å². The van der Waals surface area contributed by atoms with Crippen molar-refractivity contribution < 1.29 is 4.74 Å². The molecule has 0 heterocycles. The van der Waals surface area contributed by atoms with Crippen LogP contribution < -0.4 is 0 Å². The van der Waals surface area contributed by atoms with Crippen LogP contribution in [0.25, 0.3) is 12.2 Å². The van der Waals surface area contributed by atoms with Crippen molar-refractivity contribution in [3.63, 3.8) is 0 Å². The summed E-state index contributed by atoms with van der Waals surface area (Å²) in [6.07, 6.45) is 5.53. The Morgan fingerprint density at radius 3 is 1.44 bits per heavy atom. The van der Waals surface area contributed by atoms with E-state index in [1.54, 1.807) is 0 Å². The van der Waals surface area contributed by atoms with E-state index in [0.29, 0.717) is 0 Å². The molecule has 0 atom stereocenters. The monoisotopic (exact) mass is 334 g/mol. The first-order valence-corrected chi connectivity index (χ1v) is 8.87. The van der Waals surface area contributed by atoms with E-state index in [0.717, 1.165) is 12.8 Å². The molecule has 0 aromatic heterocycles. The molecular weight excluding hydrogens is 304 g/mol. The maximum atomic E-state index is 6.56. The minimum Gasteiger partial charge on any atom is -0.369 e. The molecule has 0 aliphatic rings. The van der Waals surface area contributed by atoms with Gasteiger partial charge in [0.15, 0.2) is 0 Å². The maximum absolute atomic E-state index is 6.56. The fourth-order valence-electron chi connectivity index (χ4n) is 3.53. The molecule has 132 valence electrons. The molecule has 0 aliphatic heterocycles. The first kappa shape index (κ1) is 19.2. The fraction of sp³-hybridized carbons (Fsp3) is 0.333. The minimum atomic E-state index is -0.272. The third-order valence-corrected chi connectivity index (χ3v) is 4.33. The van der Waals surface area contributed by atoms with Crippen LogP contribution in [-0.2, 0) is 17.6 Å². The summed E-state index contributed by atoms with van der Waals surface area (Å²) in [5, 5.41) is 0. The highest BCUT2D eigenvalue weighted by Gasteiger charge is 2.30. The number of rotatable bonds is 8. The fourth-order valence-corrected chi connectivity index (χ4v) is 3.53. The van der Waals surface area contributed by atoms with E-state index < -0.39 is 0 Å². The van der Waals surface area contributed by atoms with E-state index in [1.807, 2.05) is 24.3 Å². The van der Waals surface area contributed by atoms with E-state index in [1.165, 1.54) is 22.3 Å². The predicted molar refractivity (Wildman–Crippen MR) is 110 cm³/mol. The zero-order valence-corrected chi connectivity index (χ0v) is 16.0. The molecule has 0 saturated heterocycles. The molecule has 1 nitrogen and oxygen atoms in total. The van der Waals surface area contributed by atoms with Gasteiger partial charge in [0.25, 0.3) is 0 Å². The molecule has 0 fully saturated rings. The summed E-state index contributed by atoms with van der Waals surface area (Å²) in [6.45, 7) is 16.5. The van der Waals surface area contributed by atoms with Gasteiger partial charge in [0, 0.05) is 12.8 Å². The van der Waals surface area contributed by atoms with Crippen molar-refractivity contribution in [3.05, 3.63) is 83.9 Å². The molecule has 0 radical (unpaired) electrons. The molecule has 25 heavy (non-hydrogen) atoms. The average molecular weight is 335 g/mol. The Morgan fingerprint density at radius 1 is 0.720 bits per heavy atom. The maximum Gasteiger partial charge on any atom is 0.0674 e. The van der Waals surface area contributed by atoms with Crippen LogP contribution in [0.4, 0.5) is 0 Å². The van der Waals surface area contributed by atoms with Gasteiger partial charge in [-0.15, -0.1) is 0 Å². The Balaban J connectivity index is 2.14. The standard InChI is InChI=1S/C24H30O/c1-7-19-13-9-11-15-21(19)17-23(3,4)25-24(5,6)18-22-16-12-10-14-20(22)8-2/h7-16H,1-2,17-18H2,3-6H3. The van der Waals surface area contributed by atoms with Gasteiger partial charge in [-0.05, 0) is 49.9 Å². The summed E-state index contributed by atoms with van der Waals surface area (Å²) in [6, 6.07) is 16.8. The molecule has 0 saturated carbocycles. The first-order valence-electron chi connectivity index (χ1n) is 8.87. The van der Waals surface area contributed by atoms with Gasteiger partial charge in [0.1, 0.15) is 0 Å². The van der Waals surface area contributed by atoms with Crippen molar-refractivity contribution in [1.82, 2.24) is 0 Å². The van der Waals surface area contributed by atoms with Crippen LogP contribution in [0.1, 0.15) is 49.9 Å². The zero-order valence-electron chi connectivity index (χ0n) is 16.0. The van der Waals surface area contributed by atoms with Gasteiger partial charge in [-0.1, -0.05) is 73.8 Å². The van der Waals surface area contributed by atoms with Crippen molar-refractivity contribution in [2.24, 2.45) is 0 Å². The Labute approximate surface area is 153 Å². The molecule has 2 rings (SSSR count). The van der Waals surface area contributed by atoms with E-state index in [2.05, 4.69) is 77.3 Å². The molecule has 2 aromatic carbocycles. The molecule has 0 spiro atoms. The van der Waals surface area contributed by atoms with Crippen molar-refractivity contribution >= 4 is 12.2 Å². The number of ether oxygens (including phenoxy) is 1. The van der Waals surface area contributed by atoms with Crippen molar-refractivity contribution in [2.45, 2.75) is 51.7 Å². The Bertz CT molecular complexity index is 674. The molecule has 0 bridgehead atoms. The number of hydrogen-bond donors (Lipinski definition) is 0. The molecule has 0 amide bonds. The lowest BCUT2D eigenvalue weighted by Gasteiger charge is -2.37. The summed E-state index contributed by atoms with van der Waals surface area (Å²) in [5.41, 5.74) is 4.34. The van der Waals surface area contributed by atoms with Gasteiger partial charge >= 0.3 is 0 Å². The quantitative estimate of drug-likeness (QED) is 0.548. The van der Waals surface area contributed by atoms with Gasteiger partial charge in [-0.2, -0.15) is 0 Å². The SMILES string of the molecule is C=Cc1ccccc1CC(C)(C)OC(C)(C)Cc1ccccc1C=C. The summed E-state index contributed by atoms with van der Waals surface area (Å²) in [4.78, 5) is 0. The lowest BCUT2D eigenvalue weighted by molar-refractivity contribution is -0.121. The summed E-state index contributed by atoms with van der Waals surface area (Å²) >= 11 is 0.